The van der Waals surface area contributed by atoms with E-state index >= 15 is 0 Å². The first-order valence-corrected chi connectivity index (χ1v) is 17.4. The number of pyridine rings is 2. The maximum absolute atomic E-state index is 4.53. The van der Waals surface area contributed by atoms with E-state index in [2.05, 4.69) is 171 Å². The second kappa shape index (κ2) is 12.0. The summed E-state index contributed by atoms with van der Waals surface area (Å²) in [7, 11) is 0. The average molecular weight is 651 g/mol. The van der Waals surface area contributed by atoms with Crippen molar-refractivity contribution in [1.29, 1.82) is 0 Å². The molecule has 50 heavy (non-hydrogen) atoms. The van der Waals surface area contributed by atoms with E-state index in [4.69, 9.17) is 0 Å². The lowest BCUT2D eigenvalue weighted by Gasteiger charge is -2.29. The molecule has 0 bridgehead atoms. The van der Waals surface area contributed by atoms with Crippen LogP contribution in [0.15, 0.2) is 146 Å². The first kappa shape index (κ1) is 31.5. The minimum Gasteiger partial charge on any atom is -0.308 e. The molecule has 2 heterocycles. The number of anilines is 6. The fourth-order valence-electron chi connectivity index (χ4n) is 7.21. The van der Waals surface area contributed by atoms with E-state index in [0.29, 0.717) is 0 Å². The van der Waals surface area contributed by atoms with Crippen molar-refractivity contribution < 1.29 is 0 Å². The minimum atomic E-state index is 0.0701. The Balaban J connectivity index is 1.36. The Bertz CT molecular complexity index is 2250. The van der Waals surface area contributed by atoms with Gasteiger partial charge >= 0.3 is 0 Å². The van der Waals surface area contributed by atoms with E-state index in [1.165, 1.54) is 43.4 Å². The highest BCUT2D eigenvalue weighted by molar-refractivity contribution is 6.28. The molecule has 0 radical (unpaired) electrons. The third-order valence-corrected chi connectivity index (χ3v) is 9.89. The van der Waals surface area contributed by atoms with Gasteiger partial charge in [0.1, 0.15) is 0 Å². The van der Waals surface area contributed by atoms with Gasteiger partial charge in [0.15, 0.2) is 0 Å². The van der Waals surface area contributed by atoms with E-state index in [0.717, 1.165) is 34.1 Å². The molecule has 0 saturated carbocycles. The van der Waals surface area contributed by atoms with Crippen LogP contribution in [0.2, 0.25) is 0 Å². The van der Waals surface area contributed by atoms with Gasteiger partial charge in [-0.2, -0.15) is 0 Å². The topological polar surface area (TPSA) is 32.3 Å². The van der Waals surface area contributed by atoms with Crippen LogP contribution in [-0.4, -0.2) is 9.97 Å². The zero-order chi connectivity index (χ0) is 34.6. The Morgan fingerprint density at radius 1 is 0.400 bits per heavy atom. The Hall–Kier alpha value is -5.74. The normalized spacial score (nSPS) is 12.2. The van der Waals surface area contributed by atoms with Crippen LogP contribution in [0.3, 0.4) is 0 Å². The van der Waals surface area contributed by atoms with Gasteiger partial charge in [0, 0.05) is 34.5 Å². The van der Waals surface area contributed by atoms with Gasteiger partial charge in [0.05, 0.1) is 35.1 Å². The van der Waals surface area contributed by atoms with Crippen molar-refractivity contribution in [1.82, 2.24) is 9.97 Å². The number of aromatic nitrogens is 2. The van der Waals surface area contributed by atoms with Crippen LogP contribution in [0.5, 0.6) is 0 Å². The summed E-state index contributed by atoms with van der Waals surface area (Å²) in [5, 5.41) is 7.35. The highest BCUT2D eigenvalue weighted by Crippen LogP contribution is 2.47. The highest BCUT2D eigenvalue weighted by atomic mass is 15.2. The monoisotopic (exact) mass is 650 g/mol. The van der Waals surface area contributed by atoms with Crippen molar-refractivity contribution in [2.45, 2.75) is 52.4 Å². The summed E-state index contributed by atoms with van der Waals surface area (Å²) in [6, 6.07) is 44.4. The molecule has 0 saturated heterocycles. The van der Waals surface area contributed by atoms with Crippen molar-refractivity contribution >= 4 is 66.4 Å². The van der Waals surface area contributed by atoms with Crippen molar-refractivity contribution in [3.05, 3.63) is 157 Å². The molecule has 0 aliphatic carbocycles. The SMILES string of the molecule is CC(C)(C)c1ccc(N(c2cccnc2)c2ccc3ccc4c(N(c5ccc(C(C)(C)C)cc5)c5cccnc5)ccc5ccc2c3c54)cc1. The Morgan fingerprint density at radius 2 is 0.780 bits per heavy atom. The molecule has 0 aliphatic rings. The third kappa shape index (κ3) is 5.51. The fraction of sp³-hybridized carbons (Fsp3) is 0.174. The molecule has 4 heteroatoms. The van der Waals surface area contributed by atoms with Crippen molar-refractivity contribution in [3.63, 3.8) is 0 Å². The zero-order valence-electron chi connectivity index (χ0n) is 29.6. The second-order valence-corrected chi connectivity index (χ2v) is 15.3. The predicted octanol–water partition coefficient (Wildman–Crippen LogP) is 12.9. The third-order valence-electron chi connectivity index (χ3n) is 9.89. The number of nitrogens with zero attached hydrogens (tertiary/aromatic N) is 4. The molecule has 0 unspecified atom stereocenters. The molecular formula is C46H42N4. The largest absolute Gasteiger partial charge is 0.308 e. The molecule has 0 N–H and O–H groups in total. The molecule has 6 aromatic carbocycles. The summed E-state index contributed by atoms with van der Waals surface area (Å²) in [6.45, 7) is 13.5. The molecule has 2 aromatic heterocycles. The predicted molar refractivity (Wildman–Crippen MR) is 213 cm³/mol. The first-order valence-electron chi connectivity index (χ1n) is 17.4. The van der Waals surface area contributed by atoms with E-state index < -0.39 is 0 Å². The molecular weight excluding hydrogens is 609 g/mol. The van der Waals surface area contributed by atoms with Crippen molar-refractivity contribution in [2.75, 3.05) is 9.80 Å². The van der Waals surface area contributed by atoms with Gasteiger partial charge in [0.2, 0.25) is 0 Å². The van der Waals surface area contributed by atoms with Crippen molar-refractivity contribution in [3.8, 4) is 0 Å². The first-order chi connectivity index (χ1) is 24.1. The molecule has 4 nitrogen and oxygen atoms in total. The van der Waals surface area contributed by atoms with Crippen LogP contribution in [0, 0.1) is 0 Å². The summed E-state index contributed by atoms with van der Waals surface area (Å²) >= 11 is 0. The summed E-state index contributed by atoms with van der Waals surface area (Å²) in [6.07, 6.45) is 7.57. The van der Waals surface area contributed by atoms with Gasteiger partial charge in [-0.05, 0) is 104 Å². The smallest absolute Gasteiger partial charge is 0.0645 e. The second-order valence-electron chi connectivity index (χ2n) is 15.3. The van der Waals surface area contributed by atoms with Gasteiger partial charge in [-0.15, -0.1) is 0 Å². The Labute approximate surface area is 295 Å². The van der Waals surface area contributed by atoms with E-state index in [-0.39, 0.29) is 10.8 Å². The van der Waals surface area contributed by atoms with Crippen molar-refractivity contribution in [2.24, 2.45) is 0 Å². The summed E-state index contributed by atoms with van der Waals surface area (Å²) in [5.74, 6) is 0. The van der Waals surface area contributed by atoms with Gasteiger partial charge in [-0.25, -0.2) is 0 Å². The summed E-state index contributed by atoms with van der Waals surface area (Å²) < 4.78 is 0. The number of benzene rings is 6. The lowest BCUT2D eigenvalue weighted by Crippen LogP contribution is -2.14. The van der Waals surface area contributed by atoms with Gasteiger partial charge in [-0.1, -0.05) is 102 Å². The fourth-order valence-corrected chi connectivity index (χ4v) is 7.21. The maximum atomic E-state index is 4.53. The molecule has 0 spiro atoms. The van der Waals surface area contributed by atoms with Gasteiger partial charge in [-0.3, -0.25) is 9.97 Å². The van der Waals surface area contributed by atoms with Crippen LogP contribution in [0.1, 0.15) is 52.7 Å². The van der Waals surface area contributed by atoms with Crippen LogP contribution >= 0.6 is 0 Å². The number of hydrogen-bond acceptors (Lipinski definition) is 4. The van der Waals surface area contributed by atoms with Crippen LogP contribution in [-0.2, 0) is 10.8 Å². The highest BCUT2D eigenvalue weighted by Gasteiger charge is 2.23. The molecule has 246 valence electrons. The molecule has 8 rings (SSSR count). The minimum absolute atomic E-state index is 0.0701. The molecule has 0 atom stereocenters. The lowest BCUT2D eigenvalue weighted by molar-refractivity contribution is 0.590. The number of hydrogen-bond donors (Lipinski definition) is 0. The quantitative estimate of drug-likeness (QED) is 0.168. The molecule has 0 aliphatic heterocycles. The van der Waals surface area contributed by atoms with E-state index in [1.807, 2.05) is 36.9 Å². The van der Waals surface area contributed by atoms with E-state index in [1.54, 1.807) is 0 Å². The van der Waals surface area contributed by atoms with Crippen LogP contribution in [0.25, 0.3) is 32.3 Å². The van der Waals surface area contributed by atoms with Crippen LogP contribution < -0.4 is 9.80 Å². The van der Waals surface area contributed by atoms with Gasteiger partial charge in [0.25, 0.3) is 0 Å². The lowest BCUT2D eigenvalue weighted by atomic mass is 9.87. The summed E-state index contributed by atoms with van der Waals surface area (Å²) in [4.78, 5) is 13.7. The molecule has 0 fully saturated rings. The maximum Gasteiger partial charge on any atom is 0.0645 e. The Morgan fingerprint density at radius 3 is 1.12 bits per heavy atom. The molecule has 0 amide bonds. The molecule has 8 aromatic rings. The van der Waals surface area contributed by atoms with Gasteiger partial charge < -0.3 is 9.80 Å². The Kier molecular flexibility index (Phi) is 7.56. The van der Waals surface area contributed by atoms with Crippen LogP contribution in [0.4, 0.5) is 34.1 Å². The average Bonchev–Trinajstić information content (AvgIpc) is 3.12. The number of rotatable bonds is 6. The van der Waals surface area contributed by atoms with E-state index in [9.17, 15) is 0 Å². The standard InChI is InChI=1S/C46H42N4/c1-45(2,3)33-15-19-35(20-16-33)49(37-9-7-27-47-29-37)41-25-13-31-12-24-40-42(26-14-32-11-23-39(41)43(31)44(32)40)50(38-10-8-28-48-30-38)36-21-17-34(18-22-36)46(4,5)6/h7-30H,1-6H3. The summed E-state index contributed by atoms with van der Waals surface area (Å²) in [5.41, 5.74) is 9.24. The zero-order valence-corrected chi connectivity index (χ0v) is 29.6.